The summed E-state index contributed by atoms with van der Waals surface area (Å²) in [5, 5.41) is 3.13. The second kappa shape index (κ2) is 9.48. The molecule has 0 unspecified atom stereocenters. The predicted molar refractivity (Wildman–Crippen MR) is 117 cm³/mol. The van der Waals surface area contributed by atoms with Crippen molar-refractivity contribution in [1.29, 1.82) is 0 Å². The molecule has 0 aromatic heterocycles. The van der Waals surface area contributed by atoms with Crippen molar-refractivity contribution in [3.63, 3.8) is 0 Å². The van der Waals surface area contributed by atoms with Crippen LogP contribution in [0, 0.1) is 0 Å². The van der Waals surface area contributed by atoms with Gasteiger partial charge in [-0.25, -0.2) is 0 Å². The third kappa shape index (κ3) is 4.14. The Balaban J connectivity index is 0.00000126. The van der Waals surface area contributed by atoms with Gasteiger partial charge in [0.05, 0.1) is 11.3 Å². The Hall–Kier alpha value is -3.20. The van der Waals surface area contributed by atoms with Gasteiger partial charge in [0.2, 0.25) is 10.9 Å². The van der Waals surface area contributed by atoms with E-state index in [1.807, 2.05) is 81.5 Å². The van der Waals surface area contributed by atoms with Crippen LogP contribution in [0.1, 0.15) is 37.5 Å². The van der Waals surface area contributed by atoms with E-state index in [0.717, 1.165) is 22.3 Å². The summed E-state index contributed by atoms with van der Waals surface area (Å²) in [5.41, 5.74) is 3.58. The topological polar surface area (TPSA) is 46.2 Å². The van der Waals surface area contributed by atoms with Crippen LogP contribution in [-0.4, -0.2) is 0 Å². The number of hydrogen-bond donors (Lipinski definition) is 1. The molecule has 0 saturated heterocycles. The summed E-state index contributed by atoms with van der Waals surface area (Å²) >= 11 is 0. The van der Waals surface area contributed by atoms with Gasteiger partial charge in [0.15, 0.2) is 0 Å². The molecule has 0 saturated carbocycles. The molecule has 0 radical (unpaired) electrons. The van der Waals surface area contributed by atoms with Gasteiger partial charge in [-0.05, 0) is 29.2 Å². The molecule has 27 heavy (non-hydrogen) atoms. The third-order valence-electron chi connectivity index (χ3n) is 4.18. The van der Waals surface area contributed by atoms with E-state index in [-0.39, 0.29) is 0 Å². The summed E-state index contributed by atoms with van der Waals surface area (Å²) in [6.45, 7) is 10.2. The number of nitrogens with one attached hydrogen (secondary N) is 1. The number of hydrogen-bond acceptors (Lipinski definition) is 3. The van der Waals surface area contributed by atoms with Crippen molar-refractivity contribution in [2.45, 2.75) is 27.3 Å². The first-order valence-corrected chi connectivity index (χ1v) is 9.17. The van der Waals surface area contributed by atoms with Crippen LogP contribution in [0.15, 0.2) is 70.8 Å². The average molecular weight is 359 g/mol. The average Bonchev–Trinajstić information content (AvgIpc) is 2.73. The zero-order valence-electron chi connectivity index (χ0n) is 16.1. The van der Waals surface area contributed by atoms with Gasteiger partial charge in [0, 0.05) is 6.54 Å². The molecule has 1 N–H and O–H groups in total. The fourth-order valence-corrected chi connectivity index (χ4v) is 2.94. The van der Waals surface area contributed by atoms with Crippen LogP contribution < -0.4 is 16.2 Å². The summed E-state index contributed by atoms with van der Waals surface area (Å²) in [5.74, 6) is 0. The Morgan fingerprint density at radius 2 is 1.67 bits per heavy atom. The Bertz CT molecular complexity index is 1010. The normalized spacial score (nSPS) is 10.5. The van der Waals surface area contributed by atoms with E-state index in [2.05, 4.69) is 11.9 Å². The number of anilines is 1. The first-order chi connectivity index (χ1) is 13.2. The molecule has 138 valence electrons. The maximum absolute atomic E-state index is 12.2. The molecule has 3 rings (SSSR count). The Kier molecular flexibility index (Phi) is 7.07. The molecule has 3 heteroatoms. The maximum atomic E-state index is 12.2. The molecule has 0 aliphatic rings. The largest absolute Gasteiger partial charge is 0.377 e. The van der Waals surface area contributed by atoms with E-state index in [1.54, 1.807) is 6.08 Å². The lowest BCUT2D eigenvalue weighted by atomic mass is 9.91. The number of allylic oxidation sites excluding steroid dienone is 1. The van der Waals surface area contributed by atoms with E-state index < -0.39 is 10.9 Å². The first-order valence-electron chi connectivity index (χ1n) is 9.17. The molecule has 3 aromatic rings. The smallest absolute Gasteiger partial charge is 0.250 e. The summed E-state index contributed by atoms with van der Waals surface area (Å²) in [7, 11) is 0. The van der Waals surface area contributed by atoms with Gasteiger partial charge >= 0.3 is 0 Å². The second-order valence-corrected chi connectivity index (χ2v) is 5.76. The Morgan fingerprint density at radius 3 is 2.30 bits per heavy atom. The molecular weight excluding hydrogens is 334 g/mol. The lowest BCUT2D eigenvalue weighted by molar-refractivity contribution is 1.13. The highest BCUT2D eigenvalue weighted by molar-refractivity contribution is 5.89. The summed E-state index contributed by atoms with van der Waals surface area (Å²) in [6, 6.07) is 15.5. The van der Waals surface area contributed by atoms with Crippen molar-refractivity contribution < 1.29 is 0 Å². The van der Waals surface area contributed by atoms with E-state index in [0.29, 0.717) is 17.8 Å². The standard InChI is InChI=1S/C22H19NO2.C2H6/c1-3-9-17-16(4-2)12-8-13-18(17)19-20(22(25)21(19)24)23-14-15-10-6-5-7-11-15;1-2/h3-13,23H,2,14H2,1H3;1-2H3/b9-3-;. The van der Waals surface area contributed by atoms with Crippen molar-refractivity contribution in [1.82, 2.24) is 0 Å². The minimum absolute atomic E-state index is 0.390. The minimum Gasteiger partial charge on any atom is -0.377 e. The van der Waals surface area contributed by atoms with Crippen LogP contribution in [0.4, 0.5) is 5.69 Å². The van der Waals surface area contributed by atoms with Gasteiger partial charge in [-0.15, -0.1) is 0 Å². The number of benzene rings is 2. The van der Waals surface area contributed by atoms with Gasteiger partial charge in [-0.3, -0.25) is 9.59 Å². The lowest BCUT2D eigenvalue weighted by Crippen LogP contribution is -2.36. The fraction of sp³-hybridized carbons (Fsp3) is 0.167. The highest BCUT2D eigenvalue weighted by Crippen LogP contribution is 2.31. The van der Waals surface area contributed by atoms with Crippen LogP contribution in [0.5, 0.6) is 0 Å². The van der Waals surface area contributed by atoms with Gasteiger partial charge in [0.25, 0.3) is 0 Å². The van der Waals surface area contributed by atoms with Crippen molar-refractivity contribution >= 4 is 17.8 Å². The molecule has 3 nitrogen and oxygen atoms in total. The predicted octanol–water partition coefficient (Wildman–Crippen LogP) is 5.26. The number of rotatable bonds is 6. The second-order valence-electron chi connectivity index (χ2n) is 5.76. The zero-order valence-corrected chi connectivity index (χ0v) is 16.1. The van der Waals surface area contributed by atoms with Crippen molar-refractivity contribution in [3.8, 4) is 11.1 Å². The highest BCUT2D eigenvalue weighted by atomic mass is 16.2. The summed E-state index contributed by atoms with van der Waals surface area (Å²) in [6.07, 6.45) is 5.60. The lowest BCUT2D eigenvalue weighted by Gasteiger charge is -2.16. The molecule has 0 aliphatic heterocycles. The molecule has 0 heterocycles. The van der Waals surface area contributed by atoms with E-state index in [9.17, 15) is 9.59 Å². The fourth-order valence-electron chi connectivity index (χ4n) is 2.94. The molecule has 0 atom stereocenters. The SMILES string of the molecule is C=Cc1cccc(-c2c(NCc3ccccc3)c(=O)c2=O)c1/C=C\C.CC. The van der Waals surface area contributed by atoms with Crippen molar-refractivity contribution in [2.75, 3.05) is 5.32 Å². The first kappa shape index (κ1) is 20.1. The quantitative estimate of drug-likeness (QED) is 0.610. The van der Waals surface area contributed by atoms with Gasteiger partial charge in [0.1, 0.15) is 0 Å². The molecule has 0 aliphatic carbocycles. The van der Waals surface area contributed by atoms with E-state index in [4.69, 9.17) is 0 Å². The van der Waals surface area contributed by atoms with Crippen LogP contribution in [0.25, 0.3) is 23.3 Å². The van der Waals surface area contributed by atoms with Crippen LogP contribution in [0.3, 0.4) is 0 Å². The monoisotopic (exact) mass is 359 g/mol. The molecule has 0 spiro atoms. The minimum atomic E-state index is -0.457. The highest BCUT2D eigenvalue weighted by Gasteiger charge is 2.24. The molecule has 0 amide bonds. The maximum Gasteiger partial charge on any atom is 0.250 e. The van der Waals surface area contributed by atoms with Crippen molar-refractivity contribution in [2.24, 2.45) is 0 Å². The Morgan fingerprint density at radius 1 is 0.963 bits per heavy atom. The van der Waals surface area contributed by atoms with Gasteiger partial charge in [-0.1, -0.05) is 87.2 Å². The molecule has 3 aromatic carbocycles. The molecular formula is C24H25NO2. The summed E-state index contributed by atoms with van der Waals surface area (Å²) < 4.78 is 0. The van der Waals surface area contributed by atoms with E-state index >= 15 is 0 Å². The van der Waals surface area contributed by atoms with Gasteiger partial charge in [-0.2, -0.15) is 0 Å². The van der Waals surface area contributed by atoms with Crippen molar-refractivity contribution in [3.05, 3.63) is 98.3 Å². The third-order valence-corrected chi connectivity index (χ3v) is 4.18. The van der Waals surface area contributed by atoms with Crippen LogP contribution in [0.2, 0.25) is 0 Å². The molecule has 0 fully saturated rings. The van der Waals surface area contributed by atoms with Gasteiger partial charge < -0.3 is 5.32 Å². The molecule has 0 bridgehead atoms. The van der Waals surface area contributed by atoms with Crippen LogP contribution >= 0.6 is 0 Å². The zero-order chi connectivity index (χ0) is 19.8. The summed E-state index contributed by atoms with van der Waals surface area (Å²) in [4.78, 5) is 24.3. The van der Waals surface area contributed by atoms with Crippen LogP contribution in [-0.2, 0) is 6.54 Å². The van der Waals surface area contributed by atoms with E-state index in [1.165, 1.54) is 0 Å². The Labute approximate surface area is 160 Å².